The van der Waals surface area contributed by atoms with Crippen LogP contribution in [0.25, 0.3) is 0 Å². The third-order valence-electron chi connectivity index (χ3n) is 4.58. The number of benzene rings is 1. The van der Waals surface area contributed by atoms with Gasteiger partial charge in [0.05, 0.1) is 6.61 Å². The molecule has 0 radical (unpaired) electrons. The highest BCUT2D eigenvalue weighted by Crippen LogP contribution is 2.32. The quantitative estimate of drug-likeness (QED) is 0.823. The Balaban J connectivity index is 1.46. The van der Waals surface area contributed by atoms with E-state index < -0.39 is 0 Å². The molecular weight excluding hydrogens is 358 g/mol. The number of rotatable bonds is 4. The maximum absolute atomic E-state index is 12.2. The Morgan fingerprint density at radius 3 is 2.96 bits per heavy atom. The van der Waals surface area contributed by atoms with Gasteiger partial charge in [0.2, 0.25) is 5.88 Å². The molecule has 6 heteroatoms. The van der Waals surface area contributed by atoms with Crippen LogP contribution in [-0.4, -0.2) is 28.7 Å². The van der Waals surface area contributed by atoms with Crippen LogP contribution in [0.2, 0.25) is 0 Å². The molecule has 23 heavy (non-hydrogen) atoms. The van der Waals surface area contributed by atoms with Crippen LogP contribution in [0.1, 0.15) is 18.4 Å². The molecule has 0 bridgehead atoms. The standard InChI is InChI=1S/C17H18BrN3O2/c18-13-5-3-12(4-6-13)7-9-23-15-10-16-20-8-1-2-14(20)11-21(16)17(22)19-15/h3-6,10,14H,1-2,7-9,11H2. The Morgan fingerprint density at radius 1 is 1.30 bits per heavy atom. The molecule has 0 spiro atoms. The summed E-state index contributed by atoms with van der Waals surface area (Å²) in [5.41, 5.74) is 1.00. The van der Waals surface area contributed by atoms with E-state index in [1.54, 1.807) is 4.57 Å². The fourth-order valence-electron chi connectivity index (χ4n) is 3.42. The normalized spacial score (nSPS) is 18.8. The SMILES string of the molecule is O=c1nc(OCCc2ccc(Br)cc2)cc2n1CC1CCCN21. The molecule has 1 saturated heterocycles. The first-order valence-corrected chi connectivity index (χ1v) is 8.76. The van der Waals surface area contributed by atoms with Gasteiger partial charge in [0.15, 0.2) is 0 Å². The van der Waals surface area contributed by atoms with Crippen LogP contribution in [0.5, 0.6) is 5.88 Å². The Morgan fingerprint density at radius 2 is 2.13 bits per heavy atom. The molecule has 0 amide bonds. The fourth-order valence-corrected chi connectivity index (χ4v) is 3.68. The predicted octanol–water partition coefficient (Wildman–Crippen LogP) is 2.61. The van der Waals surface area contributed by atoms with Gasteiger partial charge in [-0.25, -0.2) is 4.79 Å². The summed E-state index contributed by atoms with van der Waals surface area (Å²) < 4.78 is 8.57. The summed E-state index contributed by atoms with van der Waals surface area (Å²) >= 11 is 3.43. The van der Waals surface area contributed by atoms with Crippen molar-refractivity contribution in [3.8, 4) is 5.88 Å². The summed E-state index contributed by atoms with van der Waals surface area (Å²) in [5, 5.41) is 0. The van der Waals surface area contributed by atoms with Gasteiger partial charge >= 0.3 is 5.69 Å². The minimum absolute atomic E-state index is 0.199. The van der Waals surface area contributed by atoms with Crippen LogP contribution < -0.4 is 15.3 Å². The first-order valence-electron chi connectivity index (χ1n) is 7.96. The predicted molar refractivity (Wildman–Crippen MR) is 92.2 cm³/mol. The van der Waals surface area contributed by atoms with Crippen molar-refractivity contribution in [2.75, 3.05) is 18.1 Å². The van der Waals surface area contributed by atoms with E-state index in [1.807, 2.05) is 18.2 Å². The summed E-state index contributed by atoms with van der Waals surface area (Å²) in [5.74, 6) is 1.40. The van der Waals surface area contributed by atoms with E-state index in [0.717, 1.165) is 36.2 Å². The van der Waals surface area contributed by atoms with Gasteiger partial charge in [-0.1, -0.05) is 28.1 Å². The van der Waals surface area contributed by atoms with Crippen molar-refractivity contribution < 1.29 is 4.74 Å². The number of hydrogen-bond acceptors (Lipinski definition) is 4. The molecule has 0 aliphatic carbocycles. The average molecular weight is 376 g/mol. The first kappa shape index (κ1) is 14.8. The summed E-state index contributed by atoms with van der Waals surface area (Å²) in [7, 11) is 0. The van der Waals surface area contributed by atoms with Gasteiger partial charge in [-0.2, -0.15) is 4.98 Å². The Labute approximate surface area is 143 Å². The number of ether oxygens (including phenoxy) is 1. The lowest BCUT2D eigenvalue weighted by molar-refractivity contribution is 0.307. The van der Waals surface area contributed by atoms with Crippen LogP contribution in [-0.2, 0) is 13.0 Å². The maximum atomic E-state index is 12.2. The number of fused-ring (bicyclic) bond motifs is 3. The number of anilines is 1. The second-order valence-electron chi connectivity index (χ2n) is 6.06. The van der Waals surface area contributed by atoms with Crippen molar-refractivity contribution in [1.29, 1.82) is 0 Å². The van der Waals surface area contributed by atoms with Crippen LogP contribution in [0.3, 0.4) is 0 Å². The van der Waals surface area contributed by atoms with E-state index in [4.69, 9.17) is 4.74 Å². The molecule has 1 aromatic carbocycles. The summed E-state index contributed by atoms with van der Waals surface area (Å²) in [6.45, 7) is 2.30. The van der Waals surface area contributed by atoms with Gasteiger partial charge in [-0.3, -0.25) is 4.57 Å². The molecule has 0 N–H and O–H groups in total. The topological polar surface area (TPSA) is 47.4 Å². The van der Waals surface area contributed by atoms with Gasteiger partial charge < -0.3 is 9.64 Å². The molecule has 3 heterocycles. The van der Waals surface area contributed by atoms with Crippen molar-refractivity contribution in [1.82, 2.24) is 9.55 Å². The van der Waals surface area contributed by atoms with E-state index in [-0.39, 0.29) is 5.69 Å². The van der Waals surface area contributed by atoms with Crippen LogP contribution >= 0.6 is 15.9 Å². The highest BCUT2D eigenvalue weighted by molar-refractivity contribution is 9.10. The second-order valence-corrected chi connectivity index (χ2v) is 6.98. The fraction of sp³-hybridized carbons (Fsp3) is 0.412. The molecular formula is C17H18BrN3O2. The zero-order valence-corrected chi connectivity index (χ0v) is 14.3. The third kappa shape index (κ3) is 2.87. The highest BCUT2D eigenvalue weighted by Gasteiger charge is 2.34. The van der Waals surface area contributed by atoms with Crippen molar-refractivity contribution in [2.45, 2.75) is 31.8 Å². The van der Waals surface area contributed by atoms with E-state index in [1.165, 1.54) is 12.0 Å². The molecule has 0 saturated carbocycles. The number of nitrogens with zero attached hydrogens (tertiary/aromatic N) is 3. The minimum atomic E-state index is -0.199. The number of halogens is 1. The Kier molecular flexibility index (Phi) is 3.85. The molecule has 2 aliphatic heterocycles. The zero-order valence-electron chi connectivity index (χ0n) is 12.7. The van der Waals surface area contributed by atoms with Crippen LogP contribution in [0.4, 0.5) is 5.82 Å². The summed E-state index contributed by atoms with van der Waals surface area (Å²) in [6.07, 6.45) is 3.14. The number of aromatic nitrogens is 2. The molecule has 1 atom stereocenters. The van der Waals surface area contributed by atoms with Crippen LogP contribution in [0, 0.1) is 0 Å². The average Bonchev–Trinajstić information content (AvgIpc) is 3.11. The van der Waals surface area contributed by atoms with E-state index in [0.29, 0.717) is 18.5 Å². The second kappa shape index (κ2) is 6.00. The minimum Gasteiger partial charge on any atom is -0.477 e. The van der Waals surface area contributed by atoms with Gasteiger partial charge in [0.1, 0.15) is 5.82 Å². The lowest BCUT2D eigenvalue weighted by atomic mass is 10.2. The molecule has 1 unspecified atom stereocenters. The third-order valence-corrected chi connectivity index (χ3v) is 5.11. The van der Waals surface area contributed by atoms with E-state index in [9.17, 15) is 4.79 Å². The van der Waals surface area contributed by atoms with E-state index >= 15 is 0 Å². The molecule has 1 fully saturated rings. The lowest BCUT2D eigenvalue weighted by Gasteiger charge is -2.17. The van der Waals surface area contributed by atoms with Crippen molar-refractivity contribution in [2.24, 2.45) is 0 Å². The lowest BCUT2D eigenvalue weighted by Crippen LogP contribution is -2.24. The summed E-state index contributed by atoms with van der Waals surface area (Å²) in [4.78, 5) is 18.6. The molecule has 5 nitrogen and oxygen atoms in total. The van der Waals surface area contributed by atoms with Gasteiger partial charge in [0, 0.05) is 36.1 Å². The molecule has 4 rings (SSSR count). The Hall–Kier alpha value is -1.82. The molecule has 1 aromatic heterocycles. The molecule has 2 aliphatic rings. The molecule has 120 valence electrons. The Bertz CT molecular complexity index is 772. The largest absolute Gasteiger partial charge is 0.477 e. The maximum Gasteiger partial charge on any atom is 0.352 e. The monoisotopic (exact) mass is 375 g/mol. The number of hydrogen-bond donors (Lipinski definition) is 0. The highest BCUT2D eigenvalue weighted by atomic mass is 79.9. The zero-order chi connectivity index (χ0) is 15.8. The van der Waals surface area contributed by atoms with Gasteiger partial charge in [0.25, 0.3) is 0 Å². The van der Waals surface area contributed by atoms with Crippen molar-refractivity contribution in [3.63, 3.8) is 0 Å². The van der Waals surface area contributed by atoms with E-state index in [2.05, 4.69) is 37.9 Å². The van der Waals surface area contributed by atoms with Gasteiger partial charge in [-0.15, -0.1) is 0 Å². The smallest absolute Gasteiger partial charge is 0.352 e. The van der Waals surface area contributed by atoms with Crippen molar-refractivity contribution in [3.05, 3.63) is 50.9 Å². The molecule has 2 aromatic rings. The first-order chi connectivity index (χ1) is 11.2. The van der Waals surface area contributed by atoms with Gasteiger partial charge in [-0.05, 0) is 30.5 Å². The van der Waals surface area contributed by atoms with Crippen LogP contribution in [0.15, 0.2) is 39.6 Å². The summed E-state index contributed by atoms with van der Waals surface area (Å²) in [6, 6.07) is 10.5. The van der Waals surface area contributed by atoms with Crippen molar-refractivity contribution >= 4 is 21.7 Å².